The number of morpholine rings is 1. The summed E-state index contributed by atoms with van der Waals surface area (Å²) >= 11 is 0. The van der Waals surface area contributed by atoms with Gasteiger partial charge in [0.15, 0.2) is 11.7 Å². The molecule has 7 nitrogen and oxygen atoms in total. The maximum Gasteiger partial charge on any atom is 0.254 e. The molecule has 2 unspecified atom stereocenters. The second-order valence-electron chi connectivity index (χ2n) is 8.93. The van der Waals surface area contributed by atoms with E-state index in [-0.39, 0.29) is 30.4 Å². The number of benzene rings is 2. The first kappa shape index (κ1) is 23.7. The van der Waals surface area contributed by atoms with E-state index in [1.165, 1.54) is 5.56 Å². The Bertz CT molecular complexity index is 1110. The van der Waals surface area contributed by atoms with Crippen LogP contribution in [0.2, 0.25) is 0 Å². The number of aryl methyl sites for hydroxylation is 2. The van der Waals surface area contributed by atoms with Gasteiger partial charge in [-0.05, 0) is 38.5 Å². The molecule has 0 aliphatic carbocycles. The molecule has 7 heteroatoms. The standard InChI is InChI=1S/C27H31N3O4/c1-18-4-8-22(9-5-18)24-15-29-26(34-24)13-12-25(31)28-14-21-6-10-23(11-7-21)27(32)30-16-19(2)33-20(3)17-30/h4-11,15,19-20H,12-14,16-17H2,1-3H3,(H,28,31). The van der Waals surface area contributed by atoms with E-state index in [2.05, 4.69) is 10.3 Å². The second kappa shape index (κ2) is 10.7. The van der Waals surface area contributed by atoms with Gasteiger partial charge >= 0.3 is 0 Å². The van der Waals surface area contributed by atoms with Gasteiger partial charge in [-0.2, -0.15) is 0 Å². The molecule has 2 heterocycles. The first-order valence-corrected chi connectivity index (χ1v) is 11.7. The molecule has 3 aromatic rings. The molecule has 1 N–H and O–H groups in total. The number of oxazole rings is 1. The normalized spacial score (nSPS) is 18.0. The lowest BCUT2D eigenvalue weighted by Crippen LogP contribution is -2.48. The van der Waals surface area contributed by atoms with Gasteiger partial charge in [-0.1, -0.05) is 42.0 Å². The van der Waals surface area contributed by atoms with Crippen molar-refractivity contribution in [2.24, 2.45) is 0 Å². The highest BCUT2D eigenvalue weighted by molar-refractivity contribution is 5.94. The quantitative estimate of drug-likeness (QED) is 0.571. The Labute approximate surface area is 200 Å². The van der Waals surface area contributed by atoms with E-state index in [1.807, 2.05) is 74.2 Å². The number of nitrogens with one attached hydrogen (secondary N) is 1. The van der Waals surface area contributed by atoms with E-state index in [0.29, 0.717) is 43.3 Å². The number of aromatic nitrogens is 1. The van der Waals surface area contributed by atoms with Gasteiger partial charge in [-0.25, -0.2) is 4.98 Å². The van der Waals surface area contributed by atoms with E-state index in [0.717, 1.165) is 11.1 Å². The van der Waals surface area contributed by atoms with Crippen LogP contribution in [0, 0.1) is 6.92 Å². The lowest BCUT2D eigenvalue weighted by molar-refractivity contribution is -0.121. The van der Waals surface area contributed by atoms with Crippen LogP contribution in [0.25, 0.3) is 11.3 Å². The highest BCUT2D eigenvalue weighted by Gasteiger charge is 2.26. The molecule has 2 amide bonds. The van der Waals surface area contributed by atoms with Crippen molar-refractivity contribution in [3.63, 3.8) is 0 Å². The Hall–Kier alpha value is -3.45. The Morgan fingerprint density at radius 2 is 1.71 bits per heavy atom. The summed E-state index contributed by atoms with van der Waals surface area (Å²) in [4.78, 5) is 31.2. The van der Waals surface area contributed by atoms with Gasteiger partial charge in [0.05, 0.1) is 18.4 Å². The van der Waals surface area contributed by atoms with Gasteiger partial charge in [0, 0.05) is 43.6 Å². The van der Waals surface area contributed by atoms with Gasteiger partial charge in [-0.15, -0.1) is 0 Å². The molecule has 0 saturated carbocycles. The van der Waals surface area contributed by atoms with E-state index < -0.39 is 0 Å². The third-order valence-corrected chi connectivity index (χ3v) is 5.85. The van der Waals surface area contributed by atoms with Crippen LogP contribution in [-0.2, 0) is 22.5 Å². The predicted molar refractivity (Wildman–Crippen MR) is 129 cm³/mol. The summed E-state index contributed by atoms with van der Waals surface area (Å²) in [5, 5.41) is 2.92. The van der Waals surface area contributed by atoms with Gasteiger partial charge in [0.2, 0.25) is 5.91 Å². The van der Waals surface area contributed by atoms with Gasteiger partial charge in [0.1, 0.15) is 0 Å². The molecule has 1 saturated heterocycles. The first-order valence-electron chi connectivity index (χ1n) is 11.7. The van der Waals surface area contributed by atoms with E-state index >= 15 is 0 Å². The second-order valence-corrected chi connectivity index (χ2v) is 8.93. The van der Waals surface area contributed by atoms with E-state index in [4.69, 9.17) is 9.15 Å². The monoisotopic (exact) mass is 461 g/mol. The molecule has 0 bridgehead atoms. The Kier molecular flexibility index (Phi) is 7.43. The van der Waals surface area contributed by atoms with Crippen LogP contribution in [0.1, 0.15) is 47.6 Å². The Morgan fingerprint density at radius 1 is 1.03 bits per heavy atom. The maximum atomic E-state index is 12.8. The van der Waals surface area contributed by atoms with Crippen LogP contribution < -0.4 is 5.32 Å². The zero-order chi connectivity index (χ0) is 24.1. The highest BCUT2D eigenvalue weighted by Crippen LogP contribution is 2.21. The largest absolute Gasteiger partial charge is 0.441 e. The Morgan fingerprint density at radius 3 is 2.38 bits per heavy atom. The van der Waals surface area contributed by atoms with Crippen molar-refractivity contribution in [3.05, 3.63) is 77.3 Å². The van der Waals surface area contributed by atoms with Crippen LogP contribution in [0.4, 0.5) is 0 Å². The van der Waals surface area contributed by atoms with Crippen LogP contribution in [0.15, 0.2) is 59.1 Å². The molecule has 2 aromatic carbocycles. The van der Waals surface area contributed by atoms with Crippen LogP contribution >= 0.6 is 0 Å². The summed E-state index contributed by atoms with van der Waals surface area (Å²) in [7, 11) is 0. The number of ether oxygens (including phenoxy) is 1. The van der Waals surface area contributed by atoms with Gasteiger partial charge in [-0.3, -0.25) is 9.59 Å². The van der Waals surface area contributed by atoms with E-state index in [9.17, 15) is 9.59 Å². The number of amides is 2. The number of carbonyl (C=O) groups is 2. The lowest BCUT2D eigenvalue weighted by atomic mass is 10.1. The molecule has 0 spiro atoms. The van der Waals surface area contributed by atoms with Crippen molar-refractivity contribution in [3.8, 4) is 11.3 Å². The lowest BCUT2D eigenvalue weighted by Gasteiger charge is -2.35. The van der Waals surface area contributed by atoms with Gasteiger partial charge < -0.3 is 19.4 Å². The summed E-state index contributed by atoms with van der Waals surface area (Å²) in [6, 6.07) is 15.4. The minimum absolute atomic E-state index is 0.00791. The molecule has 0 radical (unpaired) electrons. The predicted octanol–water partition coefficient (Wildman–Crippen LogP) is 4.15. The molecule has 2 atom stereocenters. The zero-order valence-corrected chi connectivity index (χ0v) is 19.9. The molecule has 178 valence electrons. The molecular weight excluding hydrogens is 430 g/mol. The molecule has 34 heavy (non-hydrogen) atoms. The number of nitrogens with zero attached hydrogens (tertiary/aromatic N) is 2. The highest BCUT2D eigenvalue weighted by atomic mass is 16.5. The Balaban J connectivity index is 1.23. The average Bonchev–Trinajstić information content (AvgIpc) is 3.30. The minimum Gasteiger partial charge on any atom is -0.441 e. The molecule has 1 fully saturated rings. The third-order valence-electron chi connectivity index (χ3n) is 5.85. The summed E-state index contributed by atoms with van der Waals surface area (Å²) in [5.74, 6) is 1.17. The summed E-state index contributed by atoms with van der Waals surface area (Å²) < 4.78 is 11.5. The van der Waals surface area contributed by atoms with Crippen molar-refractivity contribution in [2.45, 2.75) is 52.4 Å². The third kappa shape index (κ3) is 6.11. The fourth-order valence-electron chi connectivity index (χ4n) is 4.08. The van der Waals surface area contributed by atoms with Crippen molar-refractivity contribution < 1.29 is 18.7 Å². The first-order chi connectivity index (χ1) is 16.4. The van der Waals surface area contributed by atoms with E-state index in [1.54, 1.807) is 6.20 Å². The maximum absolute atomic E-state index is 12.8. The molecular formula is C27H31N3O4. The minimum atomic E-state index is -0.0773. The fraction of sp³-hybridized carbons (Fsp3) is 0.370. The molecule has 1 aliphatic rings. The van der Waals surface area contributed by atoms with Gasteiger partial charge in [0.25, 0.3) is 5.91 Å². The SMILES string of the molecule is Cc1ccc(-c2cnc(CCC(=O)NCc3ccc(C(=O)N4CC(C)OC(C)C4)cc3)o2)cc1. The zero-order valence-electron chi connectivity index (χ0n) is 19.9. The number of hydrogen-bond donors (Lipinski definition) is 1. The molecule has 1 aliphatic heterocycles. The number of rotatable bonds is 7. The fourth-order valence-corrected chi connectivity index (χ4v) is 4.08. The topological polar surface area (TPSA) is 84.7 Å². The molecule has 4 rings (SSSR count). The van der Waals surface area contributed by atoms with Crippen LogP contribution in [-0.4, -0.2) is 47.0 Å². The van der Waals surface area contributed by atoms with Crippen LogP contribution in [0.3, 0.4) is 0 Å². The summed E-state index contributed by atoms with van der Waals surface area (Å²) in [6.07, 6.45) is 2.48. The molecule has 1 aromatic heterocycles. The average molecular weight is 462 g/mol. The van der Waals surface area contributed by atoms with Crippen molar-refractivity contribution in [1.29, 1.82) is 0 Å². The van der Waals surface area contributed by atoms with Crippen molar-refractivity contribution in [1.82, 2.24) is 15.2 Å². The summed E-state index contributed by atoms with van der Waals surface area (Å²) in [5.41, 5.74) is 3.73. The van der Waals surface area contributed by atoms with Crippen molar-refractivity contribution in [2.75, 3.05) is 13.1 Å². The number of carbonyl (C=O) groups excluding carboxylic acids is 2. The van der Waals surface area contributed by atoms with Crippen molar-refractivity contribution >= 4 is 11.8 Å². The van der Waals surface area contributed by atoms with Crippen LogP contribution in [0.5, 0.6) is 0 Å². The summed E-state index contributed by atoms with van der Waals surface area (Å²) in [6.45, 7) is 7.59. The smallest absolute Gasteiger partial charge is 0.254 e. The number of hydrogen-bond acceptors (Lipinski definition) is 5.